The fraction of sp³-hybridized carbons (Fsp3) is 0.130. The predicted octanol–water partition coefficient (Wildman–Crippen LogP) is 19.2. The molecule has 0 fully saturated rings. The predicted molar refractivity (Wildman–Crippen MR) is 275 cm³/mol. The number of hydrogen-bond donors (Lipinski definition) is 2. The van der Waals surface area contributed by atoms with E-state index in [-0.39, 0.29) is 0 Å². The molecule has 0 saturated carbocycles. The molecule has 84 heavy (non-hydrogen) atoms. The molecule has 0 aliphatic heterocycles. The molecule has 4 aromatic heterocycles. The molecule has 0 amide bonds. The van der Waals surface area contributed by atoms with Crippen molar-refractivity contribution in [3.63, 3.8) is 0 Å². The second-order valence-corrected chi connectivity index (χ2v) is 24.9. The van der Waals surface area contributed by atoms with Crippen LogP contribution in [0.25, 0.3) is 66.9 Å². The van der Waals surface area contributed by atoms with Crippen molar-refractivity contribution >= 4 is 75.4 Å². The monoisotopic (exact) mass is 1320 g/mol. The van der Waals surface area contributed by atoms with E-state index in [0.717, 1.165) is 14.2 Å². The number of fused-ring (bicyclic) bond motifs is 4. The number of imidazole rings is 4. The molecule has 0 spiro atoms. The Bertz CT molecular complexity index is 3340. The molecular formula is C46H48F24N8O2P4. The number of rotatable bonds is 4. The van der Waals surface area contributed by atoms with Gasteiger partial charge in [-0.15, -0.1) is 0 Å². The Morgan fingerprint density at radius 2 is 0.381 bits per heavy atom. The van der Waals surface area contributed by atoms with Crippen LogP contribution >= 0.6 is 31.2 Å². The van der Waals surface area contributed by atoms with Crippen LogP contribution in [0.2, 0.25) is 0 Å². The van der Waals surface area contributed by atoms with E-state index in [2.05, 4.69) is 211 Å². The van der Waals surface area contributed by atoms with Crippen molar-refractivity contribution in [3.05, 3.63) is 171 Å². The summed E-state index contributed by atoms with van der Waals surface area (Å²) in [6.07, 6.45) is 8.58. The zero-order chi connectivity index (χ0) is 65.0. The van der Waals surface area contributed by atoms with Gasteiger partial charge in [-0.05, 0) is 48.5 Å². The Morgan fingerprint density at radius 3 is 0.512 bits per heavy atom. The van der Waals surface area contributed by atoms with E-state index >= 15 is 0 Å². The van der Waals surface area contributed by atoms with E-state index in [4.69, 9.17) is 10.2 Å². The summed E-state index contributed by atoms with van der Waals surface area (Å²) in [7, 11) is -32.2. The van der Waals surface area contributed by atoms with Crippen LogP contribution in [0.1, 0.15) is 0 Å². The van der Waals surface area contributed by atoms with Gasteiger partial charge in [-0.1, -0.05) is 72.8 Å². The Hall–Kier alpha value is -6.84. The van der Waals surface area contributed by atoms with Gasteiger partial charge in [0.1, 0.15) is 22.7 Å². The van der Waals surface area contributed by atoms with Crippen molar-refractivity contribution in [2.75, 3.05) is 14.2 Å². The number of nitrogens with zero attached hydrogens (tertiary/aromatic N) is 8. The molecule has 472 valence electrons. The fourth-order valence-corrected chi connectivity index (χ4v) is 7.38. The number of aryl methyl sites for hydroxylation is 4. The van der Waals surface area contributed by atoms with Gasteiger partial charge in [-0.2, -0.15) is 18.3 Å². The van der Waals surface area contributed by atoms with Gasteiger partial charge in [0, 0.05) is 38.5 Å². The van der Waals surface area contributed by atoms with E-state index < -0.39 is 31.2 Å². The summed E-state index contributed by atoms with van der Waals surface area (Å²) in [5, 5.41) is 14.0. The maximum atomic E-state index is 9.87. The van der Waals surface area contributed by atoms with Crippen LogP contribution in [0.3, 0.4) is 0 Å². The molecule has 0 radical (unpaired) electrons. The molecule has 0 unspecified atom stereocenters. The molecule has 6 aromatic carbocycles. The molecule has 2 N–H and O–H groups in total. The Morgan fingerprint density at radius 1 is 0.250 bits per heavy atom. The van der Waals surface area contributed by atoms with E-state index in [1.807, 2.05) is 24.3 Å². The molecular weight excluding hydrogens is 1280 g/mol. The minimum absolute atomic E-state index is 1.00. The molecule has 0 bridgehead atoms. The first kappa shape index (κ1) is 71.4. The van der Waals surface area contributed by atoms with Crippen LogP contribution in [0.15, 0.2) is 171 Å². The average molecular weight is 1320 g/mol. The fourth-order valence-electron chi connectivity index (χ4n) is 7.38. The van der Waals surface area contributed by atoms with Gasteiger partial charge >= 0.3 is 132 Å². The van der Waals surface area contributed by atoms with E-state index in [0.29, 0.717) is 0 Å². The second-order valence-electron chi connectivity index (χ2n) is 17.2. The Labute approximate surface area is 458 Å². The van der Waals surface area contributed by atoms with Crippen LogP contribution < -0.4 is 18.3 Å². The number of aromatic nitrogens is 8. The Kier molecular flexibility index (Phi) is 18.4. The summed E-state index contributed by atoms with van der Waals surface area (Å²) in [5.74, 6) is 0. The normalized spacial score (nSPS) is 15.0. The van der Waals surface area contributed by atoms with Gasteiger partial charge < -0.3 is 10.2 Å². The molecule has 0 aliphatic rings. The summed E-state index contributed by atoms with van der Waals surface area (Å²) < 4.78 is 254. The Balaban J connectivity index is 0.000000295. The molecule has 4 heterocycles. The number of aliphatic hydroxyl groups is 2. The van der Waals surface area contributed by atoms with Crippen LogP contribution in [-0.2, 0) is 28.2 Å². The van der Waals surface area contributed by atoms with Crippen LogP contribution in [-0.4, -0.2) is 42.7 Å². The van der Waals surface area contributed by atoms with Crippen molar-refractivity contribution in [2.45, 2.75) is 0 Å². The van der Waals surface area contributed by atoms with Gasteiger partial charge in [0.25, 0.3) is 0 Å². The quantitative estimate of drug-likeness (QED) is 0.105. The van der Waals surface area contributed by atoms with E-state index in [9.17, 15) is 101 Å². The number of benzene rings is 6. The van der Waals surface area contributed by atoms with E-state index in [1.54, 1.807) is 0 Å². The van der Waals surface area contributed by atoms with Crippen molar-refractivity contribution in [1.82, 2.24) is 18.3 Å². The molecule has 0 atom stereocenters. The van der Waals surface area contributed by atoms with Crippen molar-refractivity contribution in [1.29, 1.82) is 0 Å². The van der Waals surface area contributed by atoms with Gasteiger partial charge in [0.05, 0.1) is 28.2 Å². The summed E-state index contributed by atoms with van der Waals surface area (Å²) in [6.45, 7) is 0. The van der Waals surface area contributed by atoms with Crippen LogP contribution in [0.5, 0.6) is 0 Å². The van der Waals surface area contributed by atoms with Crippen molar-refractivity contribution in [2.24, 2.45) is 28.2 Å². The number of aliphatic hydroxyl groups excluding tert-OH is 2. The first-order valence-electron chi connectivity index (χ1n) is 22.4. The minimum atomic E-state index is -10.7. The van der Waals surface area contributed by atoms with Crippen molar-refractivity contribution in [3.8, 4) is 22.7 Å². The number of para-hydroxylation sites is 4. The standard InChI is InChI=1S/2C22H20N4.2CH4O.4F6P/c2*1-23-15-25(17-9-5-3-6-10-17)21-14-22-20(13-19(21)23)24(2)16-26(22)18-11-7-4-8-12-18;2*1-2;4*1-7(2,3,4,5)6/h2*3-16H,1-2H3;2*2H,1H3;;;;/q2*+2;;;4*-1. The van der Waals surface area contributed by atoms with Gasteiger partial charge in [0.2, 0.25) is 25.3 Å². The molecule has 0 aliphatic carbocycles. The second kappa shape index (κ2) is 21.6. The third-order valence-electron chi connectivity index (χ3n) is 9.99. The first-order chi connectivity index (χ1) is 37.2. The molecule has 38 heteroatoms. The molecule has 10 rings (SSSR count). The van der Waals surface area contributed by atoms with Crippen molar-refractivity contribution < 1.29 is 129 Å². The summed E-state index contributed by atoms with van der Waals surface area (Å²) >= 11 is 0. The van der Waals surface area contributed by atoms with Crippen LogP contribution in [0, 0.1) is 0 Å². The summed E-state index contributed by atoms with van der Waals surface area (Å²) in [5.41, 5.74) is 14.3. The van der Waals surface area contributed by atoms with Gasteiger partial charge in [0.15, 0.2) is 44.1 Å². The van der Waals surface area contributed by atoms with E-state index in [1.165, 1.54) is 66.9 Å². The maximum absolute atomic E-state index is 10.7. The zero-order valence-electron chi connectivity index (χ0n) is 43.5. The number of hydrogen-bond acceptors (Lipinski definition) is 2. The molecule has 10 nitrogen and oxygen atoms in total. The topological polar surface area (TPSA) is 75.7 Å². The SMILES string of the molecule is CO.CO.C[n+]1cn(-c2ccccc2)c2cc3c(cc21)[n+](C)cn3-c1ccccc1.C[n+]1cn(-c2ccccc2)c2cc3c(cc21)[n+](C)cn3-c1ccccc1.F[P-](F)(F)(F)(F)F.F[P-](F)(F)(F)(F)F.F[P-](F)(F)(F)(F)F.F[P-](F)(F)(F)(F)F. The summed E-state index contributed by atoms with van der Waals surface area (Å²) in [4.78, 5) is 0. The summed E-state index contributed by atoms with van der Waals surface area (Å²) in [6, 6.07) is 51.0. The molecule has 0 saturated heterocycles. The number of halogens is 24. The van der Waals surface area contributed by atoms with Crippen LogP contribution in [0.4, 0.5) is 101 Å². The zero-order valence-corrected chi connectivity index (χ0v) is 47.1. The van der Waals surface area contributed by atoms with Gasteiger partial charge in [-0.25, -0.2) is 18.3 Å². The van der Waals surface area contributed by atoms with Gasteiger partial charge in [-0.3, -0.25) is 0 Å². The first-order valence-corrected chi connectivity index (χ1v) is 30.6. The molecule has 10 aromatic rings. The third kappa shape index (κ3) is 28.2. The third-order valence-corrected chi connectivity index (χ3v) is 9.99. The average Bonchev–Trinajstić information content (AvgIpc) is 4.12.